The van der Waals surface area contributed by atoms with Crippen molar-refractivity contribution in [2.45, 2.75) is 25.4 Å². The molecule has 0 aliphatic carbocycles. The first kappa shape index (κ1) is 12.5. The van der Waals surface area contributed by atoms with Gasteiger partial charge in [0.15, 0.2) is 0 Å². The zero-order chi connectivity index (χ0) is 12.3. The van der Waals surface area contributed by atoms with Gasteiger partial charge in [-0.05, 0) is 17.9 Å². The zero-order valence-electron chi connectivity index (χ0n) is 10.1. The number of hydrogen-bond acceptors (Lipinski definition) is 4. The average Bonchev–Trinajstić information content (AvgIpc) is 2.84. The number of nitrogens with two attached hydrogens (primary N) is 1. The van der Waals surface area contributed by atoms with E-state index in [1.807, 2.05) is 0 Å². The lowest BCUT2D eigenvalue weighted by Gasteiger charge is -2.39. The van der Waals surface area contributed by atoms with Gasteiger partial charge in [0.25, 0.3) is 0 Å². The Labute approximate surface area is 106 Å². The molecule has 1 aromatic rings. The van der Waals surface area contributed by atoms with Crippen LogP contribution in [0.25, 0.3) is 0 Å². The van der Waals surface area contributed by atoms with Crippen molar-refractivity contribution in [2.24, 2.45) is 5.73 Å². The minimum atomic E-state index is -0.229. The van der Waals surface area contributed by atoms with Crippen LogP contribution in [0.15, 0.2) is 17.5 Å². The number of nitrogens with one attached hydrogen (secondary N) is 1. The van der Waals surface area contributed by atoms with Gasteiger partial charge in [0, 0.05) is 30.6 Å². The van der Waals surface area contributed by atoms with Crippen molar-refractivity contribution in [2.75, 3.05) is 19.6 Å². The van der Waals surface area contributed by atoms with Gasteiger partial charge in [0.1, 0.15) is 6.04 Å². The summed E-state index contributed by atoms with van der Waals surface area (Å²) in [4.78, 5) is 15.1. The summed E-state index contributed by atoms with van der Waals surface area (Å²) in [6, 6.07) is 4.33. The largest absolute Gasteiger partial charge is 0.368 e. The van der Waals surface area contributed by atoms with Gasteiger partial charge in [-0.2, -0.15) is 0 Å². The highest BCUT2D eigenvalue weighted by Crippen LogP contribution is 2.29. The van der Waals surface area contributed by atoms with E-state index in [9.17, 15) is 4.79 Å². The number of primary amides is 1. The molecule has 1 amide bonds. The predicted octanol–water partition coefficient (Wildman–Crippen LogP) is 0.958. The molecule has 1 aliphatic heterocycles. The molecule has 3 N–H and O–H groups in total. The van der Waals surface area contributed by atoms with Crippen LogP contribution in [0.5, 0.6) is 0 Å². The number of thiophene rings is 1. The first-order valence-corrected chi connectivity index (χ1v) is 6.91. The molecule has 0 aromatic carbocycles. The molecule has 17 heavy (non-hydrogen) atoms. The number of piperazine rings is 1. The number of carbonyl (C=O) groups is 1. The summed E-state index contributed by atoms with van der Waals surface area (Å²) >= 11 is 1.75. The molecule has 1 aromatic heterocycles. The second-order valence-electron chi connectivity index (χ2n) is 4.30. The molecule has 2 atom stereocenters. The number of amides is 1. The van der Waals surface area contributed by atoms with Crippen molar-refractivity contribution in [3.8, 4) is 0 Å². The van der Waals surface area contributed by atoms with Crippen molar-refractivity contribution in [1.82, 2.24) is 10.2 Å². The first-order chi connectivity index (χ1) is 8.24. The Hall–Kier alpha value is -0.910. The molecule has 2 rings (SSSR count). The van der Waals surface area contributed by atoms with Crippen molar-refractivity contribution < 1.29 is 4.79 Å². The molecule has 1 fully saturated rings. The zero-order valence-corrected chi connectivity index (χ0v) is 10.9. The molecule has 94 valence electrons. The van der Waals surface area contributed by atoms with Crippen LogP contribution in [-0.2, 0) is 4.79 Å². The summed E-state index contributed by atoms with van der Waals surface area (Å²) < 4.78 is 0. The summed E-state index contributed by atoms with van der Waals surface area (Å²) in [5, 5.41) is 5.31. The lowest BCUT2D eigenvalue weighted by atomic mass is 10.1. The summed E-state index contributed by atoms with van der Waals surface area (Å²) in [6.07, 6.45) is 1.00. The second-order valence-corrected chi connectivity index (χ2v) is 5.28. The van der Waals surface area contributed by atoms with Crippen molar-refractivity contribution in [3.63, 3.8) is 0 Å². The molecule has 0 saturated carbocycles. The van der Waals surface area contributed by atoms with Gasteiger partial charge in [-0.25, -0.2) is 0 Å². The number of carbonyl (C=O) groups excluding carboxylic acids is 1. The second kappa shape index (κ2) is 5.62. The van der Waals surface area contributed by atoms with Crippen molar-refractivity contribution in [3.05, 3.63) is 22.4 Å². The normalized spacial score (nSPS) is 23.5. The van der Waals surface area contributed by atoms with Crippen molar-refractivity contribution >= 4 is 17.2 Å². The Balaban J connectivity index is 2.19. The maximum Gasteiger partial charge on any atom is 0.236 e. The van der Waals surface area contributed by atoms with Crippen LogP contribution in [0.1, 0.15) is 24.3 Å². The third kappa shape index (κ3) is 2.68. The molecule has 2 unspecified atom stereocenters. The fraction of sp³-hybridized carbons (Fsp3) is 0.583. The van der Waals surface area contributed by atoms with Gasteiger partial charge >= 0.3 is 0 Å². The summed E-state index contributed by atoms with van der Waals surface area (Å²) in [7, 11) is 0. The predicted molar refractivity (Wildman–Crippen MR) is 69.9 cm³/mol. The Morgan fingerprint density at radius 1 is 1.76 bits per heavy atom. The first-order valence-electron chi connectivity index (χ1n) is 6.03. The summed E-state index contributed by atoms with van der Waals surface area (Å²) in [5.74, 6) is -0.229. The molecular weight excluding hydrogens is 234 g/mol. The average molecular weight is 253 g/mol. The molecular formula is C12H19N3OS. The Morgan fingerprint density at radius 3 is 3.18 bits per heavy atom. The van der Waals surface area contributed by atoms with Gasteiger partial charge in [0.2, 0.25) is 5.91 Å². The minimum absolute atomic E-state index is 0.184. The fourth-order valence-electron chi connectivity index (χ4n) is 2.44. The topological polar surface area (TPSA) is 58.4 Å². The van der Waals surface area contributed by atoms with Crippen LogP contribution in [0, 0.1) is 0 Å². The molecule has 4 nitrogen and oxygen atoms in total. The molecule has 5 heteroatoms. The number of nitrogens with zero attached hydrogens (tertiary/aromatic N) is 1. The van der Waals surface area contributed by atoms with Gasteiger partial charge in [-0.15, -0.1) is 11.3 Å². The summed E-state index contributed by atoms with van der Waals surface area (Å²) in [6.45, 7) is 4.62. The Morgan fingerprint density at radius 2 is 2.59 bits per heavy atom. The van der Waals surface area contributed by atoms with E-state index in [-0.39, 0.29) is 11.9 Å². The third-order valence-electron chi connectivity index (χ3n) is 3.27. The van der Waals surface area contributed by atoms with E-state index in [1.54, 1.807) is 11.3 Å². The maximum atomic E-state index is 11.5. The van der Waals surface area contributed by atoms with Crippen molar-refractivity contribution in [1.29, 1.82) is 0 Å². The van der Waals surface area contributed by atoms with Crippen LogP contribution in [0.2, 0.25) is 0 Å². The van der Waals surface area contributed by atoms with Crippen LogP contribution in [0.4, 0.5) is 0 Å². The fourth-order valence-corrected chi connectivity index (χ4v) is 3.37. The van der Waals surface area contributed by atoms with E-state index in [1.165, 1.54) is 4.88 Å². The van der Waals surface area contributed by atoms with E-state index in [0.29, 0.717) is 12.6 Å². The van der Waals surface area contributed by atoms with Gasteiger partial charge in [0.05, 0.1) is 0 Å². The van der Waals surface area contributed by atoms with Crippen LogP contribution in [-0.4, -0.2) is 36.5 Å². The molecule has 1 aliphatic rings. The standard InChI is InChI=1S/C12H19N3OS/c1-2-9(11-4-3-7-17-11)15-6-5-14-8-10(15)12(13)16/h3-4,7,9-10,14H,2,5-6,8H2,1H3,(H2,13,16). The number of rotatable bonds is 4. The minimum Gasteiger partial charge on any atom is -0.368 e. The van der Waals surface area contributed by atoms with Crippen LogP contribution < -0.4 is 11.1 Å². The highest BCUT2D eigenvalue weighted by Gasteiger charge is 2.32. The summed E-state index contributed by atoms with van der Waals surface area (Å²) in [5.41, 5.74) is 5.49. The molecule has 0 spiro atoms. The van der Waals surface area contributed by atoms with E-state index < -0.39 is 0 Å². The van der Waals surface area contributed by atoms with E-state index >= 15 is 0 Å². The molecule has 2 heterocycles. The highest BCUT2D eigenvalue weighted by molar-refractivity contribution is 7.10. The SMILES string of the molecule is CCC(c1cccs1)N1CCNCC1C(N)=O. The third-order valence-corrected chi connectivity index (χ3v) is 4.25. The lowest BCUT2D eigenvalue weighted by Crippen LogP contribution is -2.57. The van der Waals surface area contributed by atoms with Crippen LogP contribution in [0.3, 0.4) is 0 Å². The quantitative estimate of drug-likeness (QED) is 0.840. The molecule has 1 saturated heterocycles. The van der Waals surface area contributed by atoms with Gasteiger partial charge < -0.3 is 11.1 Å². The monoisotopic (exact) mass is 253 g/mol. The van der Waals surface area contributed by atoms with E-state index in [0.717, 1.165) is 19.5 Å². The smallest absolute Gasteiger partial charge is 0.236 e. The Bertz CT molecular complexity index is 366. The highest BCUT2D eigenvalue weighted by atomic mass is 32.1. The van der Waals surface area contributed by atoms with E-state index in [4.69, 9.17) is 5.73 Å². The maximum absolute atomic E-state index is 11.5. The number of hydrogen-bond donors (Lipinski definition) is 2. The lowest BCUT2D eigenvalue weighted by molar-refractivity contribution is -0.125. The van der Waals surface area contributed by atoms with Gasteiger partial charge in [-0.1, -0.05) is 13.0 Å². The molecule has 0 bridgehead atoms. The molecule has 0 radical (unpaired) electrons. The van der Waals surface area contributed by atoms with E-state index in [2.05, 4.69) is 34.7 Å². The van der Waals surface area contributed by atoms with Gasteiger partial charge in [-0.3, -0.25) is 9.69 Å². The Kier molecular flexibility index (Phi) is 4.15. The van der Waals surface area contributed by atoms with Crippen LogP contribution >= 0.6 is 11.3 Å².